The third kappa shape index (κ3) is 5.02. The Morgan fingerprint density at radius 3 is 1.92 bits per heavy atom. The molecule has 0 saturated carbocycles. The number of carbonyl (C=O) groups excluding carboxylic acids is 2. The Labute approximate surface area is 153 Å². The number of benzene rings is 2. The van der Waals surface area contributed by atoms with Crippen LogP contribution >= 0.6 is 0 Å². The van der Waals surface area contributed by atoms with E-state index in [1.807, 2.05) is 0 Å². The van der Waals surface area contributed by atoms with Gasteiger partial charge in [-0.05, 0) is 32.9 Å². The molecule has 1 atom stereocenters. The van der Waals surface area contributed by atoms with Crippen molar-refractivity contribution < 1.29 is 22.7 Å². The molecule has 5 nitrogen and oxygen atoms in total. The predicted octanol–water partition coefficient (Wildman–Crippen LogP) is 3.44. The zero-order chi connectivity index (χ0) is 19.4. The van der Waals surface area contributed by atoms with Crippen LogP contribution < -0.4 is 0 Å². The third-order valence-corrected chi connectivity index (χ3v) is 5.63. The molecule has 0 N–H and O–H groups in total. The number of Topliss-reactive ketones (excluding diaryl/α,β-unsaturated/α-hetero) is 1. The fourth-order valence-electron chi connectivity index (χ4n) is 2.44. The molecular weight excluding hydrogens is 352 g/mol. The lowest BCUT2D eigenvalue weighted by Gasteiger charge is -2.22. The summed E-state index contributed by atoms with van der Waals surface area (Å²) in [7, 11) is -4.05. The number of rotatable bonds is 6. The summed E-state index contributed by atoms with van der Waals surface area (Å²) in [6.45, 7) is 5.06. The molecule has 0 heterocycles. The van der Waals surface area contributed by atoms with Crippen molar-refractivity contribution in [1.82, 2.24) is 0 Å². The van der Waals surface area contributed by atoms with Crippen molar-refractivity contribution in [2.75, 3.05) is 0 Å². The summed E-state index contributed by atoms with van der Waals surface area (Å²) in [5.74, 6) is -1.36. The van der Waals surface area contributed by atoms with Crippen LogP contribution in [0.25, 0.3) is 0 Å². The van der Waals surface area contributed by atoms with Gasteiger partial charge in [-0.3, -0.25) is 9.59 Å². The molecule has 2 rings (SSSR count). The topological polar surface area (TPSA) is 77.5 Å². The molecule has 0 saturated heterocycles. The highest BCUT2D eigenvalue weighted by Gasteiger charge is 2.37. The molecule has 0 aliphatic rings. The lowest BCUT2D eigenvalue weighted by Crippen LogP contribution is -2.35. The second-order valence-corrected chi connectivity index (χ2v) is 9.00. The van der Waals surface area contributed by atoms with Gasteiger partial charge in [0.15, 0.2) is 15.6 Å². The standard InChI is InChI=1S/C20H22O5S/c1-20(2,3)25-18(21)14-17(19(22)15-10-6-4-7-11-15)26(23,24)16-12-8-5-9-13-16/h4-13,17H,14H2,1-3H3. The maximum Gasteiger partial charge on any atom is 0.308 e. The SMILES string of the molecule is CC(C)(C)OC(=O)CC(C(=O)c1ccccc1)S(=O)(=O)c1ccccc1. The van der Waals surface area contributed by atoms with Gasteiger partial charge >= 0.3 is 5.97 Å². The summed E-state index contributed by atoms with van der Waals surface area (Å²) < 4.78 is 31.3. The van der Waals surface area contributed by atoms with Gasteiger partial charge in [-0.15, -0.1) is 0 Å². The van der Waals surface area contributed by atoms with E-state index >= 15 is 0 Å². The first-order valence-corrected chi connectivity index (χ1v) is 9.76. The van der Waals surface area contributed by atoms with Crippen molar-refractivity contribution in [2.45, 2.75) is 42.9 Å². The molecule has 0 aliphatic heterocycles. The number of ether oxygens (including phenoxy) is 1. The number of hydrogen-bond donors (Lipinski definition) is 0. The lowest BCUT2D eigenvalue weighted by atomic mass is 10.1. The van der Waals surface area contributed by atoms with Crippen molar-refractivity contribution in [3.63, 3.8) is 0 Å². The first kappa shape index (κ1) is 19.8. The second kappa shape index (κ2) is 7.83. The van der Waals surface area contributed by atoms with Gasteiger partial charge in [-0.2, -0.15) is 0 Å². The number of esters is 1. The normalized spacial score (nSPS) is 13.0. The minimum atomic E-state index is -4.05. The van der Waals surface area contributed by atoms with Crippen LogP contribution in [0, 0.1) is 0 Å². The number of ketones is 1. The molecule has 6 heteroatoms. The van der Waals surface area contributed by atoms with Crippen molar-refractivity contribution in [1.29, 1.82) is 0 Å². The molecular formula is C20H22O5S. The van der Waals surface area contributed by atoms with Crippen molar-refractivity contribution >= 4 is 21.6 Å². The van der Waals surface area contributed by atoms with Crippen molar-refractivity contribution in [2.24, 2.45) is 0 Å². The predicted molar refractivity (Wildman–Crippen MR) is 98.7 cm³/mol. The highest BCUT2D eigenvalue weighted by molar-refractivity contribution is 7.92. The van der Waals surface area contributed by atoms with Gasteiger partial charge < -0.3 is 4.74 Å². The minimum absolute atomic E-state index is 0.00200. The summed E-state index contributed by atoms with van der Waals surface area (Å²) in [5.41, 5.74) is -0.533. The fraction of sp³-hybridized carbons (Fsp3) is 0.300. The van der Waals surface area contributed by atoms with E-state index in [4.69, 9.17) is 4.74 Å². The van der Waals surface area contributed by atoms with Crippen LogP contribution in [0.3, 0.4) is 0 Å². The smallest absolute Gasteiger partial charge is 0.308 e. The van der Waals surface area contributed by atoms with Crippen LogP contribution in [0.15, 0.2) is 65.6 Å². The molecule has 26 heavy (non-hydrogen) atoms. The van der Waals surface area contributed by atoms with E-state index in [1.54, 1.807) is 57.2 Å². The van der Waals surface area contributed by atoms with E-state index in [9.17, 15) is 18.0 Å². The highest BCUT2D eigenvalue weighted by Crippen LogP contribution is 2.23. The zero-order valence-electron chi connectivity index (χ0n) is 15.0. The lowest BCUT2D eigenvalue weighted by molar-refractivity contribution is -0.154. The Bertz CT molecular complexity index is 865. The van der Waals surface area contributed by atoms with E-state index in [2.05, 4.69) is 0 Å². The molecule has 0 spiro atoms. The molecule has 1 unspecified atom stereocenters. The Morgan fingerprint density at radius 2 is 1.42 bits per heavy atom. The molecule has 0 aromatic heterocycles. The number of hydrogen-bond acceptors (Lipinski definition) is 5. The second-order valence-electron chi connectivity index (χ2n) is 6.87. The highest BCUT2D eigenvalue weighted by atomic mass is 32.2. The van der Waals surface area contributed by atoms with Crippen LogP contribution in [0.4, 0.5) is 0 Å². The maximum absolute atomic E-state index is 13.0. The monoisotopic (exact) mass is 374 g/mol. The summed E-state index contributed by atoms with van der Waals surface area (Å²) in [6, 6.07) is 15.7. The molecule has 0 bridgehead atoms. The number of carbonyl (C=O) groups is 2. The summed E-state index contributed by atoms with van der Waals surface area (Å²) in [4.78, 5) is 25.1. The average Bonchev–Trinajstić information content (AvgIpc) is 2.59. The fourth-order valence-corrected chi connectivity index (χ4v) is 4.08. The summed E-state index contributed by atoms with van der Waals surface area (Å²) >= 11 is 0. The first-order valence-electron chi connectivity index (χ1n) is 8.21. The van der Waals surface area contributed by atoms with E-state index < -0.39 is 38.9 Å². The van der Waals surface area contributed by atoms with Crippen LogP contribution in [-0.2, 0) is 19.4 Å². The summed E-state index contributed by atoms with van der Waals surface area (Å²) in [6.07, 6.45) is -0.539. The van der Waals surface area contributed by atoms with Gasteiger partial charge in [0.05, 0.1) is 11.3 Å². The summed E-state index contributed by atoms with van der Waals surface area (Å²) in [5, 5.41) is -1.54. The van der Waals surface area contributed by atoms with Crippen LogP contribution in [0.1, 0.15) is 37.6 Å². The minimum Gasteiger partial charge on any atom is -0.460 e. The molecule has 138 valence electrons. The van der Waals surface area contributed by atoms with Crippen LogP contribution in [-0.4, -0.2) is 31.0 Å². The van der Waals surface area contributed by atoms with Crippen LogP contribution in [0.2, 0.25) is 0 Å². The molecule has 2 aromatic carbocycles. The van der Waals surface area contributed by atoms with Crippen molar-refractivity contribution in [3.05, 3.63) is 66.2 Å². The molecule has 0 radical (unpaired) electrons. The largest absolute Gasteiger partial charge is 0.460 e. The van der Waals surface area contributed by atoms with E-state index in [0.29, 0.717) is 0 Å². The third-order valence-electron chi connectivity index (χ3n) is 3.57. The Hall–Kier alpha value is -2.47. The van der Waals surface area contributed by atoms with E-state index in [-0.39, 0.29) is 10.5 Å². The van der Waals surface area contributed by atoms with Gasteiger partial charge in [0.2, 0.25) is 0 Å². The molecule has 0 amide bonds. The van der Waals surface area contributed by atoms with Crippen LogP contribution in [0.5, 0.6) is 0 Å². The zero-order valence-corrected chi connectivity index (χ0v) is 15.8. The van der Waals surface area contributed by atoms with E-state index in [1.165, 1.54) is 24.3 Å². The molecule has 0 aliphatic carbocycles. The van der Waals surface area contributed by atoms with Crippen molar-refractivity contribution in [3.8, 4) is 0 Å². The molecule has 2 aromatic rings. The Balaban J connectivity index is 2.42. The Morgan fingerprint density at radius 1 is 0.923 bits per heavy atom. The number of sulfone groups is 1. The first-order chi connectivity index (χ1) is 12.1. The van der Waals surface area contributed by atoms with E-state index in [0.717, 1.165) is 0 Å². The molecule has 0 fully saturated rings. The van der Waals surface area contributed by atoms with Gasteiger partial charge in [0.25, 0.3) is 0 Å². The van der Waals surface area contributed by atoms with Gasteiger partial charge in [-0.25, -0.2) is 8.42 Å². The van der Waals surface area contributed by atoms with Gasteiger partial charge in [0, 0.05) is 5.56 Å². The Kier molecular flexibility index (Phi) is 5.97. The maximum atomic E-state index is 13.0. The van der Waals surface area contributed by atoms with Gasteiger partial charge in [0.1, 0.15) is 10.9 Å². The van der Waals surface area contributed by atoms with Gasteiger partial charge in [-0.1, -0.05) is 48.5 Å². The quantitative estimate of drug-likeness (QED) is 0.572. The average molecular weight is 374 g/mol.